The van der Waals surface area contributed by atoms with Crippen molar-refractivity contribution in [2.75, 3.05) is 6.61 Å². The van der Waals surface area contributed by atoms with E-state index in [2.05, 4.69) is 5.43 Å². The number of rotatable bonds is 5. The number of nitrogens with one attached hydrogen (secondary N) is 1. The van der Waals surface area contributed by atoms with Gasteiger partial charge in [-0.15, -0.1) is 0 Å². The number of nitrogens with zero attached hydrogens (tertiary/aromatic N) is 1. The Morgan fingerprint density at radius 1 is 1.21 bits per heavy atom. The quantitative estimate of drug-likeness (QED) is 0.548. The highest BCUT2D eigenvalue weighted by atomic mass is 19.4. The highest BCUT2D eigenvalue weighted by Crippen LogP contribution is 2.34. The lowest BCUT2D eigenvalue weighted by atomic mass is 10.0. The van der Waals surface area contributed by atoms with Crippen molar-refractivity contribution in [1.82, 2.24) is 10.4 Å². The summed E-state index contributed by atoms with van der Waals surface area (Å²) in [4.78, 5) is 11.7. The van der Waals surface area contributed by atoms with Gasteiger partial charge in [-0.05, 0) is 55.8 Å². The van der Waals surface area contributed by atoms with Gasteiger partial charge in [0.2, 0.25) is 0 Å². The van der Waals surface area contributed by atoms with Crippen LogP contribution in [0.4, 0.5) is 17.6 Å². The van der Waals surface area contributed by atoms with E-state index in [1.54, 1.807) is 48.5 Å². The zero-order valence-corrected chi connectivity index (χ0v) is 15.8. The van der Waals surface area contributed by atoms with E-state index < -0.39 is 29.6 Å². The maximum atomic E-state index is 14.1. The van der Waals surface area contributed by atoms with Crippen LogP contribution in [-0.2, 0) is 10.9 Å². The van der Waals surface area contributed by atoms with E-state index in [0.717, 1.165) is 23.8 Å². The van der Waals surface area contributed by atoms with Crippen molar-refractivity contribution in [3.8, 4) is 0 Å². The van der Waals surface area contributed by atoms with Crippen LogP contribution < -0.4 is 5.43 Å². The Morgan fingerprint density at radius 2 is 1.90 bits per heavy atom. The zero-order chi connectivity index (χ0) is 21.2. The number of esters is 1. The first kappa shape index (κ1) is 20.9. The Kier molecular flexibility index (Phi) is 5.93. The minimum Gasteiger partial charge on any atom is -0.462 e. The van der Waals surface area contributed by atoms with Gasteiger partial charge in [-0.3, -0.25) is 0 Å². The number of hydrogen-bond acceptors (Lipinski definition) is 4. The van der Waals surface area contributed by atoms with Gasteiger partial charge in [0.25, 0.3) is 0 Å². The highest BCUT2D eigenvalue weighted by molar-refractivity contribution is 5.89. The highest BCUT2D eigenvalue weighted by Gasteiger charge is 2.33. The Labute approximate surface area is 165 Å². The topological polar surface area (TPSA) is 41.6 Å². The molecule has 2 aromatic carbocycles. The SMILES string of the molecule is CCOC(=O)c1ccc([C@H](C)N2C=CC(c3cc(C(F)(F)F)ccc3F)N2)cc1. The molecule has 1 N–H and O–H groups in total. The molecule has 0 aliphatic carbocycles. The third kappa shape index (κ3) is 4.59. The molecule has 2 atom stereocenters. The predicted octanol–water partition coefficient (Wildman–Crippen LogP) is 5.16. The van der Waals surface area contributed by atoms with Crippen molar-refractivity contribution in [2.24, 2.45) is 0 Å². The van der Waals surface area contributed by atoms with Crippen LogP contribution in [0.3, 0.4) is 0 Å². The van der Waals surface area contributed by atoms with Crippen LogP contribution in [0, 0.1) is 5.82 Å². The Bertz CT molecular complexity index is 910. The van der Waals surface area contributed by atoms with Crippen LogP contribution in [0.15, 0.2) is 54.7 Å². The first-order chi connectivity index (χ1) is 13.7. The number of hydrogen-bond donors (Lipinski definition) is 1. The minimum absolute atomic E-state index is 0.0802. The van der Waals surface area contributed by atoms with E-state index in [1.807, 2.05) is 6.92 Å². The van der Waals surface area contributed by atoms with Crippen molar-refractivity contribution in [1.29, 1.82) is 0 Å². The average Bonchev–Trinajstić information content (AvgIpc) is 3.17. The molecular weight excluding hydrogens is 388 g/mol. The number of halogens is 4. The molecule has 0 amide bonds. The van der Waals surface area contributed by atoms with Crippen LogP contribution >= 0.6 is 0 Å². The van der Waals surface area contributed by atoms with Crippen LogP contribution in [-0.4, -0.2) is 17.6 Å². The summed E-state index contributed by atoms with van der Waals surface area (Å²) >= 11 is 0. The summed E-state index contributed by atoms with van der Waals surface area (Å²) in [6.07, 6.45) is -1.28. The summed E-state index contributed by atoms with van der Waals surface area (Å²) in [7, 11) is 0. The summed E-state index contributed by atoms with van der Waals surface area (Å²) in [6.45, 7) is 3.89. The molecule has 2 aromatic rings. The number of benzene rings is 2. The summed E-state index contributed by atoms with van der Waals surface area (Å²) in [5.74, 6) is -1.13. The first-order valence-corrected chi connectivity index (χ1v) is 9.07. The van der Waals surface area contributed by atoms with Gasteiger partial charge in [0.15, 0.2) is 0 Å². The largest absolute Gasteiger partial charge is 0.462 e. The van der Waals surface area contributed by atoms with Gasteiger partial charge in [-0.2, -0.15) is 13.2 Å². The van der Waals surface area contributed by atoms with Gasteiger partial charge in [0.05, 0.1) is 29.8 Å². The standard InChI is InChI=1S/C21H20F4N2O2/c1-3-29-20(28)15-6-4-14(5-7-15)13(2)27-11-10-19(26-27)17-12-16(21(23,24)25)8-9-18(17)22/h4-13,19,26H,3H2,1-2H3/t13-,19?/m0/s1. The van der Waals surface area contributed by atoms with Crippen molar-refractivity contribution in [3.63, 3.8) is 0 Å². The molecule has 0 aromatic heterocycles. The first-order valence-electron chi connectivity index (χ1n) is 9.07. The second kappa shape index (κ2) is 8.24. The molecule has 0 radical (unpaired) electrons. The molecule has 154 valence electrons. The molecule has 1 aliphatic heterocycles. The smallest absolute Gasteiger partial charge is 0.416 e. The third-order valence-corrected chi connectivity index (χ3v) is 4.71. The number of ether oxygens (including phenoxy) is 1. The lowest BCUT2D eigenvalue weighted by Gasteiger charge is -2.27. The average molecular weight is 408 g/mol. The molecule has 0 fully saturated rings. The van der Waals surface area contributed by atoms with Crippen LogP contribution in [0.5, 0.6) is 0 Å². The Morgan fingerprint density at radius 3 is 2.52 bits per heavy atom. The summed E-state index contributed by atoms with van der Waals surface area (Å²) < 4.78 is 57.9. The predicted molar refractivity (Wildman–Crippen MR) is 99.1 cm³/mol. The number of alkyl halides is 3. The van der Waals surface area contributed by atoms with Gasteiger partial charge in [-0.1, -0.05) is 12.1 Å². The van der Waals surface area contributed by atoms with Gasteiger partial charge in [0.1, 0.15) is 5.82 Å². The van der Waals surface area contributed by atoms with E-state index >= 15 is 0 Å². The van der Waals surface area contributed by atoms with Gasteiger partial charge < -0.3 is 9.75 Å². The Balaban J connectivity index is 1.73. The molecule has 0 bridgehead atoms. The van der Waals surface area contributed by atoms with E-state index in [-0.39, 0.29) is 18.2 Å². The fourth-order valence-corrected chi connectivity index (χ4v) is 3.07. The third-order valence-electron chi connectivity index (χ3n) is 4.71. The maximum Gasteiger partial charge on any atom is 0.416 e. The molecule has 1 heterocycles. The van der Waals surface area contributed by atoms with Crippen molar-refractivity contribution < 1.29 is 27.1 Å². The van der Waals surface area contributed by atoms with Gasteiger partial charge in [0, 0.05) is 11.8 Å². The number of hydrazine groups is 1. The molecule has 4 nitrogen and oxygen atoms in total. The molecule has 0 saturated heterocycles. The van der Waals surface area contributed by atoms with Crippen LogP contribution in [0.1, 0.15) is 53.0 Å². The van der Waals surface area contributed by atoms with Gasteiger partial charge >= 0.3 is 12.1 Å². The second-order valence-corrected chi connectivity index (χ2v) is 6.61. The lowest BCUT2D eigenvalue weighted by Crippen LogP contribution is -2.33. The normalized spacial score (nSPS) is 17.4. The van der Waals surface area contributed by atoms with Crippen LogP contribution in [0.25, 0.3) is 0 Å². The Hall–Kier alpha value is -2.87. The summed E-state index contributed by atoms with van der Waals surface area (Å²) in [5.41, 5.74) is 3.32. The summed E-state index contributed by atoms with van der Waals surface area (Å²) in [5, 5.41) is 1.68. The van der Waals surface area contributed by atoms with E-state index in [4.69, 9.17) is 4.74 Å². The summed E-state index contributed by atoms with van der Waals surface area (Å²) in [6, 6.07) is 8.27. The number of carbonyl (C=O) groups is 1. The van der Waals surface area contributed by atoms with E-state index in [9.17, 15) is 22.4 Å². The fraction of sp³-hybridized carbons (Fsp3) is 0.286. The molecule has 1 unspecified atom stereocenters. The lowest BCUT2D eigenvalue weighted by molar-refractivity contribution is -0.137. The van der Waals surface area contributed by atoms with Crippen molar-refractivity contribution in [3.05, 3.63) is 82.8 Å². The fourth-order valence-electron chi connectivity index (χ4n) is 3.07. The molecule has 1 aliphatic rings. The molecule has 0 saturated carbocycles. The molecule has 3 rings (SSSR count). The van der Waals surface area contributed by atoms with Gasteiger partial charge in [-0.25, -0.2) is 14.6 Å². The zero-order valence-electron chi connectivity index (χ0n) is 15.8. The van der Waals surface area contributed by atoms with E-state index in [1.165, 1.54) is 0 Å². The maximum absolute atomic E-state index is 14.1. The van der Waals surface area contributed by atoms with Crippen molar-refractivity contribution in [2.45, 2.75) is 32.1 Å². The molecule has 0 spiro atoms. The van der Waals surface area contributed by atoms with Crippen molar-refractivity contribution >= 4 is 5.97 Å². The molecule has 29 heavy (non-hydrogen) atoms. The van der Waals surface area contributed by atoms with E-state index in [0.29, 0.717) is 5.56 Å². The monoisotopic (exact) mass is 408 g/mol. The minimum atomic E-state index is -4.54. The van der Waals surface area contributed by atoms with Crippen LogP contribution in [0.2, 0.25) is 0 Å². The molecule has 8 heteroatoms. The number of carbonyl (C=O) groups excluding carboxylic acids is 1. The second-order valence-electron chi connectivity index (χ2n) is 6.61. The molecular formula is C21H20F4N2O2.